The van der Waals surface area contributed by atoms with Crippen molar-refractivity contribution in [2.24, 2.45) is 0 Å². The van der Waals surface area contributed by atoms with Gasteiger partial charge >= 0.3 is 0 Å². The van der Waals surface area contributed by atoms with Crippen LogP contribution >= 0.6 is 0 Å². The maximum absolute atomic E-state index is 13.1. The Morgan fingerprint density at radius 1 is 1.24 bits per heavy atom. The second-order valence-electron chi connectivity index (χ2n) is 5.77. The van der Waals surface area contributed by atoms with Crippen LogP contribution in [0.4, 0.5) is 4.39 Å². The molecule has 1 aliphatic rings. The molecule has 0 saturated carbocycles. The molecule has 0 aliphatic carbocycles. The van der Waals surface area contributed by atoms with Crippen LogP contribution in [0, 0.1) is 5.82 Å². The monoisotopic (exact) mass is 341 g/mol. The number of carbonyl (C=O) groups is 1. The first-order valence-electron chi connectivity index (χ1n) is 8.14. The summed E-state index contributed by atoms with van der Waals surface area (Å²) in [6.07, 6.45) is 3.06. The highest BCUT2D eigenvalue weighted by Gasteiger charge is 2.24. The zero-order valence-electron chi connectivity index (χ0n) is 14.0. The summed E-state index contributed by atoms with van der Waals surface area (Å²) >= 11 is 0. The summed E-state index contributed by atoms with van der Waals surface area (Å²) < 4.78 is 24.1. The number of rotatable bonds is 4. The minimum Gasteiger partial charge on any atom is -0.496 e. The fourth-order valence-electron chi connectivity index (χ4n) is 2.80. The van der Waals surface area contributed by atoms with Crippen molar-refractivity contribution in [1.29, 1.82) is 0 Å². The van der Waals surface area contributed by atoms with Gasteiger partial charge in [-0.1, -0.05) is 30.3 Å². The van der Waals surface area contributed by atoms with Gasteiger partial charge in [0.25, 0.3) is 0 Å². The molecule has 130 valence electrons. The lowest BCUT2D eigenvalue weighted by Gasteiger charge is -2.32. The van der Waals surface area contributed by atoms with E-state index in [1.54, 1.807) is 36.3 Å². The lowest BCUT2D eigenvalue weighted by molar-refractivity contribution is -0.133. The number of hydrogen-bond donors (Lipinski definition) is 0. The Kier molecular flexibility index (Phi) is 5.46. The summed E-state index contributed by atoms with van der Waals surface area (Å²) in [4.78, 5) is 14.2. The van der Waals surface area contributed by atoms with Crippen LogP contribution in [0.15, 0.2) is 54.6 Å². The average Bonchev–Trinajstić information content (AvgIpc) is 2.67. The van der Waals surface area contributed by atoms with Crippen molar-refractivity contribution < 1.29 is 18.7 Å². The van der Waals surface area contributed by atoms with Gasteiger partial charge in [0.05, 0.1) is 20.3 Å². The van der Waals surface area contributed by atoms with Crippen LogP contribution < -0.4 is 4.74 Å². The third-order valence-corrected chi connectivity index (χ3v) is 4.16. The molecule has 25 heavy (non-hydrogen) atoms. The largest absolute Gasteiger partial charge is 0.496 e. The van der Waals surface area contributed by atoms with Gasteiger partial charge in [-0.2, -0.15) is 0 Å². The standard InChI is InChI=1S/C20H20FNO3/c1-24-18-5-3-2-4-15(18)8-11-20(23)22-12-13-25-19(14-22)16-6-9-17(21)10-7-16/h2-11,19H,12-14H2,1H3/b11-8+. The van der Waals surface area contributed by atoms with Crippen LogP contribution in [0.3, 0.4) is 0 Å². The molecule has 3 rings (SSSR count). The maximum atomic E-state index is 13.1. The van der Waals surface area contributed by atoms with Crippen molar-refractivity contribution in [1.82, 2.24) is 4.90 Å². The molecule has 1 unspecified atom stereocenters. The molecule has 1 saturated heterocycles. The van der Waals surface area contributed by atoms with Gasteiger partial charge in [0.2, 0.25) is 5.91 Å². The van der Waals surface area contributed by atoms with E-state index in [2.05, 4.69) is 0 Å². The molecule has 1 atom stereocenters. The lowest BCUT2D eigenvalue weighted by atomic mass is 10.1. The molecule has 0 spiro atoms. The lowest BCUT2D eigenvalue weighted by Crippen LogP contribution is -2.41. The second-order valence-corrected chi connectivity index (χ2v) is 5.77. The predicted octanol–water partition coefficient (Wildman–Crippen LogP) is 3.45. The average molecular weight is 341 g/mol. The number of methoxy groups -OCH3 is 1. The quantitative estimate of drug-likeness (QED) is 0.800. The second kappa shape index (κ2) is 7.94. The zero-order valence-corrected chi connectivity index (χ0v) is 14.0. The van der Waals surface area contributed by atoms with Crippen LogP contribution in [0.2, 0.25) is 0 Å². The molecule has 0 N–H and O–H groups in total. The van der Waals surface area contributed by atoms with Gasteiger partial charge in [0, 0.05) is 18.2 Å². The first-order chi connectivity index (χ1) is 12.2. The van der Waals surface area contributed by atoms with Gasteiger partial charge in [-0.05, 0) is 29.8 Å². The molecule has 2 aromatic carbocycles. The Morgan fingerprint density at radius 2 is 2.00 bits per heavy atom. The highest BCUT2D eigenvalue weighted by atomic mass is 19.1. The van der Waals surface area contributed by atoms with Gasteiger partial charge in [0.15, 0.2) is 0 Å². The number of nitrogens with zero attached hydrogens (tertiary/aromatic N) is 1. The fraction of sp³-hybridized carbons (Fsp3) is 0.250. The van der Waals surface area contributed by atoms with E-state index in [4.69, 9.17) is 9.47 Å². The molecule has 0 radical (unpaired) electrons. The molecule has 2 aromatic rings. The van der Waals surface area contributed by atoms with E-state index in [0.717, 1.165) is 16.9 Å². The minimum absolute atomic E-state index is 0.0821. The molecule has 1 amide bonds. The number of hydrogen-bond acceptors (Lipinski definition) is 3. The third kappa shape index (κ3) is 4.25. The molecule has 0 bridgehead atoms. The normalized spacial score (nSPS) is 17.7. The summed E-state index contributed by atoms with van der Waals surface area (Å²) in [5.41, 5.74) is 1.72. The van der Waals surface area contributed by atoms with Gasteiger partial charge in [-0.15, -0.1) is 0 Å². The molecular formula is C20H20FNO3. The first-order valence-corrected chi connectivity index (χ1v) is 8.14. The Hall–Kier alpha value is -2.66. The van der Waals surface area contributed by atoms with Gasteiger partial charge < -0.3 is 14.4 Å². The number of morpholine rings is 1. The summed E-state index contributed by atoms with van der Waals surface area (Å²) in [6.45, 7) is 1.43. The smallest absolute Gasteiger partial charge is 0.246 e. The molecular weight excluding hydrogens is 321 g/mol. The number of carbonyl (C=O) groups excluding carboxylic acids is 1. The molecule has 1 heterocycles. The number of amides is 1. The zero-order chi connectivity index (χ0) is 17.6. The van der Waals surface area contributed by atoms with E-state index >= 15 is 0 Å². The minimum atomic E-state index is -0.285. The molecule has 4 nitrogen and oxygen atoms in total. The van der Waals surface area contributed by atoms with E-state index in [-0.39, 0.29) is 17.8 Å². The molecule has 5 heteroatoms. The molecule has 0 aromatic heterocycles. The fourth-order valence-corrected chi connectivity index (χ4v) is 2.80. The highest BCUT2D eigenvalue weighted by molar-refractivity contribution is 5.92. The van der Waals surface area contributed by atoms with E-state index < -0.39 is 0 Å². The number of para-hydroxylation sites is 1. The van der Waals surface area contributed by atoms with Crippen molar-refractivity contribution in [3.05, 3.63) is 71.6 Å². The Morgan fingerprint density at radius 3 is 2.76 bits per heavy atom. The van der Waals surface area contributed by atoms with E-state index in [9.17, 15) is 9.18 Å². The topological polar surface area (TPSA) is 38.8 Å². The Bertz CT molecular complexity index is 758. The van der Waals surface area contributed by atoms with Gasteiger partial charge in [0.1, 0.15) is 17.7 Å². The van der Waals surface area contributed by atoms with Crippen LogP contribution in [0.25, 0.3) is 6.08 Å². The van der Waals surface area contributed by atoms with Crippen LogP contribution in [-0.2, 0) is 9.53 Å². The van der Waals surface area contributed by atoms with Crippen molar-refractivity contribution in [3.63, 3.8) is 0 Å². The third-order valence-electron chi connectivity index (χ3n) is 4.16. The van der Waals surface area contributed by atoms with Gasteiger partial charge in [-0.25, -0.2) is 4.39 Å². The van der Waals surface area contributed by atoms with E-state index in [0.29, 0.717) is 19.7 Å². The number of halogens is 1. The van der Waals surface area contributed by atoms with E-state index in [1.807, 2.05) is 24.3 Å². The van der Waals surface area contributed by atoms with Crippen molar-refractivity contribution in [2.45, 2.75) is 6.10 Å². The number of benzene rings is 2. The summed E-state index contributed by atoms with van der Waals surface area (Å²) in [5.74, 6) is 0.353. The number of ether oxygens (including phenoxy) is 2. The highest BCUT2D eigenvalue weighted by Crippen LogP contribution is 2.23. The Labute approximate surface area is 146 Å². The summed E-state index contributed by atoms with van der Waals surface area (Å²) in [7, 11) is 1.60. The van der Waals surface area contributed by atoms with E-state index in [1.165, 1.54) is 12.1 Å². The Balaban J connectivity index is 1.67. The molecule has 1 fully saturated rings. The van der Waals surface area contributed by atoms with Crippen LogP contribution in [-0.4, -0.2) is 37.6 Å². The van der Waals surface area contributed by atoms with Crippen LogP contribution in [0.5, 0.6) is 5.75 Å². The van der Waals surface area contributed by atoms with Crippen molar-refractivity contribution >= 4 is 12.0 Å². The van der Waals surface area contributed by atoms with Crippen molar-refractivity contribution in [3.8, 4) is 5.75 Å². The summed E-state index contributed by atoms with van der Waals surface area (Å²) in [6, 6.07) is 13.7. The van der Waals surface area contributed by atoms with Crippen molar-refractivity contribution in [2.75, 3.05) is 26.8 Å². The predicted molar refractivity (Wildman–Crippen MR) is 93.7 cm³/mol. The SMILES string of the molecule is COc1ccccc1/C=C/C(=O)N1CCOC(c2ccc(F)cc2)C1. The summed E-state index contributed by atoms with van der Waals surface area (Å²) in [5, 5.41) is 0. The molecule has 1 aliphatic heterocycles. The first kappa shape index (κ1) is 17.2. The van der Waals surface area contributed by atoms with Gasteiger partial charge in [-0.3, -0.25) is 4.79 Å². The maximum Gasteiger partial charge on any atom is 0.246 e. The van der Waals surface area contributed by atoms with Crippen LogP contribution in [0.1, 0.15) is 17.2 Å².